The smallest absolute Gasteiger partial charge is 0.179 e. The molecule has 0 aliphatic heterocycles. The second kappa shape index (κ2) is 25.0. The molecule has 0 saturated carbocycles. The van der Waals surface area contributed by atoms with Gasteiger partial charge in [0.1, 0.15) is 11.5 Å². The molecule has 0 N–H and O–H groups in total. The van der Waals surface area contributed by atoms with Gasteiger partial charge in [-0.2, -0.15) is 0 Å². The fraction of sp³-hybridized carbons (Fsp3) is 0.233. The molecule has 0 unspecified atom stereocenters. The van der Waals surface area contributed by atoms with E-state index in [1.54, 1.807) is 0 Å². The molecule has 0 heterocycles. The molecular weight excluding hydrogens is 781 g/mol. The van der Waals surface area contributed by atoms with E-state index >= 15 is 0 Å². The first-order chi connectivity index (χ1) is 31.1. The molecular formula is C60H56O2Si. The Morgan fingerprint density at radius 3 is 1.03 bits per heavy atom. The molecule has 0 bridgehead atoms. The Bertz CT molecular complexity index is 2480. The summed E-state index contributed by atoms with van der Waals surface area (Å²) in [5.74, 6) is 29.6. The lowest BCUT2D eigenvalue weighted by molar-refractivity contribution is 0.304. The largest absolute Gasteiger partial charge is 0.494 e. The Kier molecular flexibility index (Phi) is 18.0. The Hall–Kier alpha value is -7.06. The maximum absolute atomic E-state index is 5.91. The summed E-state index contributed by atoms with van der Waals surface area (Å²) in [6.07, 6.45) is 18.0. The van der Waals surface area contributed by atoms with Crippen molar-refractivity contribution in [1.82, 2.24) is 0 Å². The molecule has 0 amide bonds. The van der Waals surface area contributed by atoms with Gasteiger partial charge in [-0.25, -0.2) is 0 Å². The average molecular weight is 837 g/mol. The van der Waals surface area contributed by atoms with Crippen molar-refractivity contribution in [3.05, 3.63) is 179 Å². The van der Waals surface area contributed by atoms with Crippen molar-refractivity contribution in [3.63, 3.8) is 0 Å². The number of unbranched alkanes of at least 4 members (excludes halogenated alkanes) is 8. The third kappa shape index (κ3) is 13.5. The molecule has 0 saturated heterocycles. The topological polar surface area (TPSA) is 18.5 Å². The van der Waals surface area contributed by atoms with Crippen molar-refractivity contribution >= 4 is 28.8 Å². The number of benzene rings is 6. The predicted octanol–water partition coefficient (Wildman–Crippen LogP) is 10.6. The van der Waals surface area contributed by atoms with E-state index in [0.717, 1.165) is 65.4 Å². The minimum atomic E-state index is -2.83. The van der Waals surface area contributed by atoms with E-state index in [0.29, 0.717) is 0 Å². The van der Waals surface area contributed by atoms with Crippen molar-refractivity contribution in [2.75, 3.05) is 13.2 Å². The molecule has 0 aliphatic carbocycles. The van der Waals surface area contributed by atoms with Crippen LogP contribution in [0.15, 0.2) is 152 Å². The molecule has 0 fully saturated rings. The average Bonchev–Trinajstić information content (AvgIpc) is 3.34. The highest BCUT2D eigenvalue weighted by molar-refractivity contribution is 7.19. The zero-order valence-electron chi connectivity index (χ0n) is 36.8. The number of hydrogen-bond donors (Lipinski definition) is 0. The molecule has 0 atom stereocenters. The summed E-state index contributed by atoms with van der Waals surface area (Å²) in [5.41, 5.74) is 4.47. The maximum atomic E-state index is 5.91. The maximum Gasteiger partial charge on any atom is 0.179 e. The van der Waals surface area contributed by atoms with E-state index in [1.807, 2.05) is 60.7 Å². The number of terminal acetylenes is 1. The van der Waals surface area contributed by atoms with E-state index in [2.05, 4.69) is 158 Å². The van der Waals surface area contributed by atoms with Crippen molar-refractivity contribution < 1.29 is 9.47 Å². The number of ether oxygens (including phenoxy) is 2. The summed E-state index contributed by atoms with van der Waals surface area (Å²) < 4.78 is 11.8. The first-order valence-corrected chi connectivity index (χ1v) is 24.5. The van der Waals surface area contributed by atoms with Crippen molar-refractivity contribution in [3.8, 4) is 71.2 Å². The summed E-state index contributed by atoms with van der Waals surface area (Å²) in [4.78, 5) is 0. The Balaban J connectivity index is 1.20. The second-order valence-corrected chi connectivity index (χ2v) is 19.4. The van der Waals surface area contributed by atoms with Crippen LogP contribution in [0.1, 0.15) is 106 Å². The van der Waals surface area contributed by atoms with E-state index in [9.17, 15) is 0 Å². The van der Waals surface area contributed by atoms with E-state index < -0.39 is 8.07 Å². The van der Waals surface area contributed by atoms with Gasteiger partial charge in [0.05, 0.1) is 13.2 Å². The summed E-state index contributed by atoms with van der Waals surface area (Å²) in [5, 5.41) is 4.96. The Labute approximate surface area is 378 Å². The monoisotopic (exact) mass is 836 g/mol. The minimum absolute atomic E-state index is 0.747. The molecule has 6 aromatic rings. The van der Waals surface area contributed by atoms with Gasteiger partial charge in [-0.1, -0.05) is 162 Å². The first kappa shape index (κ1) is 45.5. The highest BCUT2D eigenvalue weighted by Crippen LogP contribution is 2.15. The van der Waals surface area contributed by atoms with Crippen LogP contribution < -0.4 is 30.2 Å². The zero-order chi connectivity index (χ0) is 43.8. The van der Waals surface area contributed by atoms with Gasteiger partial charge in [0.2, 0.25) is 0 Å². The van der Waals surface area contributed by atoms with E-state index in [4.69, 9.17) is 15.9 Å². The zero-order valence-corrected chi connectivity index (χ0v) is 37.8. The summed E-state index contributed by atoms with van der Waals surface area (Å²) >= 11 is 0. The van der Waals surface area contributed by atoms with Crippen molar-refractivity contribution in [2.45, 2.75) is 78.1 Å². The van der Waals surface area contributed by atoms with E-state index in [-0.39, 0.29) is 0 Å². The Morgan fingerprint density at radius 2 is 0.683 bits per heavy atom. The molecule has 2 nitrogen and oxygen atoms in total. The molecule has 312 valence electrons. The fourth-order valence-electron chi connectivity index (χ4n) is 7.59. The number of hydrogen-bond acceptors (Lipinski definition) is 2. The number of rotatable bonds is 18. The van der Waals surface area contributed by atoms with Crippen LogP contribution in [0.2, 0.25) is 0 Å². The highest BCUT2D eigenvalue weighted by Gasteiger charge is 2.41. The highest BCUT2D eigenvalue weighted by atomic mass is 28.3. The molecule has 63 heavy (non-hydrogen) atoms. The lowest BCUT2D eigenvalue weighted by Crippen LogP contribution is -2.74. The van der Waals surface area contributed by atoms with Crippen LogP contribution in [0.3, 0.4) is 0 Å². The quantitative estimate of drug-likeness (QED) is 0.0372. The molecule has 0 spiro atoms. The molecule has 6 rings (SSSR count). The molecule has 0 aromatic heterocycles. The van der Waals surface area contributed by atoms with Gasteiger partial charge in [-0.15, -0.1) is 6.42 Å². The minimum Gasteiger partial charge on any atom is -0.494 e. The third-order valence-electron chi connectivity index (χ3n) is 11.0. The molecule has 6 aromatic carbocycles. The lowest BCUT2D eigenvalue weighted by atomic mass is 10.2. The second-order valence-electron chi connectivity index (χ2n) is 15.6. The van der Waals surface area contributed by atoms with Crippen LogP contribution >= 0.6 is 0 Å². The fourth-order valence-corrected chi connectivity index (χ4v) is 12.3. The SMILES string of the molecule is C#Cc1ccc([Si](c2ccccc2)(c2ccc(C#CC#Cc3ccc(OCCCCCCC)cc3)cc2)c2ccc(C#CC#Cc3ccc(OCCCCCCC)cc3)cc2)cc1. The Morgan fingerprint density at radius 1 is 0.365 bits per heavy atom. The molecule has 0 radical (unpaired) electrons. The van der Waals surface area contributed by atoms with Crippen LogP contribution in [0.4, 0.5) is 0 Å². The van der Waals surface area contributed by atoms with E-state index in [1.165, 1.54) is 72.1 Å². The van der Waals surface area contributed by atoms with Crippen LogP contribution in [0.25, 0.3) is 0 Å². The van der Waals surface area contributed by atoms with Crippen LogP contribution in [-0.2, 0) is 0 Å². The van der Waals surface area contributed by atoms with Crippen LogP contribution in [0, 0.1) is 59.7 Å². The third-order valence-corrected chi connectivity index (χ3v) is 15.8. The molecule has 3 heteroatoms. The van der Waals surface area contributed by atoms with Crippen LogP contribution in [0.5, 0.6) is 11.5 Å². The first-order valence-electron chi connectivity index (χ1n) is 22.5. The van der Waals surface area contributed by atoms with Crippen LogP contribution in [-0.4, -0.2) is 21.3 Å². The van der Waals surface area contributed by atoms with Crippen molar-refractivity contribution in [2.24, 2.45) is 0 Å². The van der Waals surface area contributed by atoms with Crippen molar-refractivity contribution in [1.29, 1.82) is 0 Å². The van der Waals surface area contributed by atoms with Gasteiger partial charge < -0.3 is 9.47 Å². The standard InChI is InChI=1S/C60H56O2Si/c1-4-7-9-11-20-48-61-55-38-28-51(29-39-55)22-16-18-24-53-34-44-59(45-35-53)63(57-26-14-13-15-27-57,58-42-32-50(6-3)33-43-58)60-46-36-54(37-47-60)25-19-17-23-52-30-40-56(41-31-52)62-49-21-12-10-8-5-2/h3,13-15,26-47H,4-5,7-12,20-21,48-49H2,1-2H3. The normalized spacial score (nSPS) is 10.3. The summed E-state index contributed by atoms with van der Waals surface area (Å²) in [6, 6.07) is 52.5. The predicted molar refractivity (Wildman–Crippen MR) is 267 cm³/mol. The van der Waals surface area contributed by atoms with Gasteiger partial charge in [-0.3, -0.25) is 0 Å². The van der Waals surface area contributed by atoms with Gasteiger partial charge >= 0.3 is 0 Å². The summed E-state index contributed by atoms with van der Waals surface area (Å²) in [6.45, 7) is 5.96. The van der Waals surface area contributed by atoms with Gasteiger partial charge in [-0.05, 0) is 142 Å². The van der Waals surface area contributed by atoms with Gasteiger partial charge in [0.25, 0.3) is 0 Å². The molecule has 0 aliphatic rings. The van der Waals surface area contributed by atoms with Gasteiger partial charge in [0.15, 0.2) is 8.07 Å². The lowest BCUT2D eigenvalue weighted by Gasteiger charge is -2.34. The summed E-state index contributed by atoms with van der Waals surface area (Å²) in [7, 11) is -2.83. The van der Waals surface area contributed by atoms with Gasteiger partial charge in [0, 0.05) is 27.8 Å².